The van der Waals surface area contributed by atoms with Crippen molar-refractivity contribution in [3.05, 3.63) is 15.6 Å². The Balaban J connectivity index is 2.76. The van der Waals surface area contributed by atoms with Crippen molar-refractivity contribution in [1.29, 1.82) is 0 Å². The number of carbonyl (C=O) groups excluding carboxylic acids is 2. The number of carbonyl (C=O) groups is 2. The molecule has 1 aromatic heterocycles. The summed E-state index contributed by atoms with van der Waals surface area (Å²) < 4.78 is 0. The molecule has 2 N–H and O–H groups in total. The molecule has 0 unspecified atom stereocenters. The van der Waals surface area contributed by atoms with E-state index in [1.165, 1.54) is 11.3 Å². The third kappa shape index (κ3) is 2.25. The molecule has 1 rings (SSSR count). The number of hydrogen-bond donors (Lipinski definition) is 2. The number of aromatic nitrogens is 1. The van der Waals surface area contributed by atoms with Crippen LogP contribution in [0, 0.1) is 13.8 Å². The monoisotopic (exact) mass is 199 g/mol. The standard InChI is InChI=1S/C7H9N3O2S/c1-4-6(13-5(2)9-4)7(12)10-8-3-11/h3H,1-2H3,(H,8,11)(H,10,12). The van der Waals surface area contributed by atoms with Crippen LogP contribution in [-0.4, -0.2) is 17.3 Å². The lowest BCUT2D eigenvalue weighted by Gasteiger charge is -1.99. The molecule has 13 heavy (non-hydrogen) atoms. The van der Waals surface area contributed by atoms with Crippen LogP contribution in [0.2, 0.25) is 0 Å². The molecule has 0 atom stereocenters. The van der Waals surface area contributed by atoms with E-state index in [-0.39, 0.29) is 5.91 Å². The molecular weight excluding hydrogens is 190 g/mol. The molecule has 0 radical (unpaired) electrons. The van der Waals surface area contributed by atoms with E-state index in [0.29, 0.717) is 17.0 Å². The Kier molecular flexibility index (Phi) is 2.97. The highest BCUT2D eigenvalue weighted by molar-refractivity contribution is 7.13. The van der Waals surface area contributed by atoms with Crippen molar-refractivity contribution < 1.29 is 9.59 Å². The average Bonchev–Trinajstić information content (AvgIpc) is 2.41. The highest BCUT2D eigenvalue weighted by Gasteiger charge is 2.12. The second-order valence-corrected chi connectivity index (χ2v) is 3.57. The summed E-state index contributed by atoms with van der Waals surface area (Å²) in [6.45, 7) is 3.57. The zero-order valence-corrected chi connectivity index (χ0v) is 8.07. The molecule has 1 aromatic rings. The van der Waals surface area contributed by atoms with Gasteiger partial charge in [0.25, 0.3) is 5.91 Å². The van der Waals surface area contributed by atoms with E-state index < -0.39 is 0 Å². The molecule has 5 nitrogen and oxygen atoms in total. The summed E-state index contributed by atoms with van der Waals surface area (Å²) >= 11 is 1.29. The number of nitrogens with zero attached hydrogens (tertiary/aromatic N) is 1. The number of hydrogen-bond acceptors (Lipinski definition) is 4. The van der Waals surface area contributed by atoms with Gasteiger partial charge in [0.05, 0.1) is 10.7 Å². The van der Waals surface area contributed by atoms with E-state index in [2.05, 4.69) is 15.8 Å². The summed E-state index contributed by atoms with van der Waals surface area (Å²) in [7, 11) is 0. The maximum absolute atomic E-state index is 11.3. The topological polar surface area (TPSA) is 71.1 Å². The molecule has 2 amide bonds. The molecule has 0 bridgehead atoms. The van der Waals surface area contributed by atoms with Gasteiger partial charge in [0.2, 0.25) is 6.41 Å². The van der Waals surface area contributed by atoms with Crippen LogP contribution in [0.4, 0.5) is 0 Å². The van der Waals surface area contributed by atoms with Gasteiger partial charge in [-0.15, -0.1) is 11.3 Å². The fourth-order valence-electron chi connectivity index (χ4n) is 0.894. The van der Waals surface area contributed by atoms with Crippen LogP contribution in [0.5, 0.6) is 0 Å². The summed E-state index contributed by atoms with van der Waals surface area (Å²) in [5.41, 5.74) is 4.97. The van der Waals surface area contributed by atoms with Crippen LogP contribution in [0.3, 0.4) is 0 Å². The zero-order chi connectivity index (χ0) is 9.84. The first kappa shape index (κ1) is 9.66. The van der Waals surface area contributed by atoms with E-state index in [0.717, 1.165) is 5.01 Å². The molecule has 0 aliphatic rings. The minimum atomic E-state index is -0.338. The largest absolute Gasteiger partial charge is 0.281 e. The van der Waals surface area contributed by atoms with E-state index in [1.54, 1.807) is 6.92 Å². The van der Waals surface area contributed by atoms with Crippen molar-refractivity contribution in [3.8, 4) is 0 Å². The van der Waals surface area contributed by atoms with Crippen molar-refractivity contribution in [3.63, 3.8) is 0 Å². The van der Waals surface area contributed by atoms with E-state index in [1.807, 2.05) is 6.92 Å². The molecule has 0 aliphatic heterocycles. The molecular formula is C7H9N3O2S. The van der Waals surface area contributed by atoms with Crippen molar-refractivity contribution in [2.45, 2.75) is 13.8 Å². The van der Waals surface area contributed by atoms with Gasteiger partial charge in [0.1, 0.15) is 4.88 Å². The quantitative estimate of drug-likeness (QED) is 0.537. The van der Waals surface area contributed by atoms with Gasteiger partial charge < -0.3 is 0 Å². The number of nitrogens with one attached hydrogen (secondary N) is 2. The van der Waals surface area contributed by atoms with Gasteiger partial charge in [-0.2, -0.15) is 0 Å². The van der Waals surface area contributed by atoms with Gasteiger partial charge in [-0.05, 0) is 13.8 Å². The Labute approximate surface area is 79.1 Å². The first-order valence-corrected chi connectivity index (χ1v) is 4.40. The van der Waals surface area contributed by atoms with Gasteiger partial charge in [-0.25, -0.2) is 4.98 Å². The normalized spacial score (nSPS) is 9.38. The first-order valence-electron chi connectivity index (χ1n) is 3.58. The number of rotatable bonds is 3. The second kappa shape index (κ2) is 3.99. The lowest BCUT2D eigenvalue weighted by Crippen LogP contribution is -2.36. The fourth-order valence-corrected chi connectivity index (χ4v) is 1.71. The summed E-state index contributed by atoms with van der Waals surface area (Å²) in [6.07, 6.45) is 0.404. The Hall–Kier alpha value is -1.43. The lowest BCUT2D eigenvalue weighted by molar-refractivity contribution is -0.110. The zero-order valence-electron chi connectivity index (χ0n) is 7.25. The predicted octanol–water partition coefficient (Wildman–Crippen LogP) is 0.151. The third-order valence-corrected chi connectivity index (χ3v) is 2.43. The second-order valence-electron chi connectivity index (χ2n) is 2.36. The molecule has 0 aromatic carbocycles. The van der Waals surface area contributed by atoms with Gasteiger partial charge in [0.15, 0.2) is 0 Å². The summed E-state index contributed by atoms with van der Waals surface area (Å²) in [5.74, 6) is -0.338. The van der Waals surface area contributed by atoms with Crippen LogP contribution >= 0.6 is 11.3 Å². The minimum Gasteiger partial charge on any atom is -0.277 e. The maximum Gasteiger partial charge on any atom is 0.281 e. The van der Waals surface area contributed by atoms with E-state index >= 15 is 0 Å². The predicted molar refractivity (Wildman–Crippen MR) is 48.3 cm³/mol. The highest BCUT2D eigenvalue weighted by atomic mass is 32.1. The Morgan fingerprint density at radius 2 is 2.23 bits per heavy atom. The Morgan fingerprint density at radius 1 is 1.54 bits per heavy atom. The van der Waals surface area contributed by atoms with E-state index in [4.69, 9.17) is 0 Å². The fraction of sp³-hybridized carbons (Fsp3) is 0.286. The van der Waals surface area contributed by atoms with Crippen molar-refractivity contribution in [2.24, 2.45) is 0 Å². The van der Waals surface area contributed by atoms with Gasteiger partial charge in [-0.1, -0.05) is 0 Å². The van der Waals surface area contributed by atoms with Crippen molar-refractivity contribution >= 4 is 23.7 Å². The van der Waals surface area contributed by atoms with Crippen LogP contribution in [0.25, 0.3) is 0 Å². The minimum absolute atomic E-state index is 0.338. The molecule has 0 fully saturated rings. The first-order chi connectivity index (χ1) is 6.15. The highest BCUT2D eigenvalue weighted by Crippen LogP contribution is 2.16. The van der Waals surface area contributed by atoms with Gasteiger partial charge in [-0.3, -0.25) is 20.4 Å². The maximum atomic E-state index is 11.3. The number of amides is 2. The third-order valence-electron chi connectivity index (χ3n) is 1.35. The summed E-state index contributed by atoms with van der Waals surface area (Å²) in [4.78, 5) is 25.8. The van der Waals surface area contributed by atoms with Crippen LogP contribution < -0.4 is 10.9 Å². The van der Waals surface area contributed by atoms with Crippen molar-refractivity contribution in [2.75, 3.05) is 0 Å². The van der Waals surface area contributed by atoms with Crippen LogP contribution in [0.15, 0.2) is 0 Å². The molecule has 6 heteroatoms. The number of thiazole rings is 1. The molecule has 70 valence electrons. The Bertz CT molecular complexity index is 334. The lowest BCUT2D eigenvalue weighted by atomic mass is 10.4. The number of hydrazine groups is 1. The summed E-state index contributed by atoms with van der Waals surface area (Å²) in [5, 5.41) is 0.828. The Morgan fingerprint density at radius 3 is 2.69 bits per heavy atom. The van der Waals surface area contributed by atoms with Gasteiger partial charge >= 0.3 is 0 Å². The van der Waals surface area contributed by atoms with Gasteiger partial charge in [0, 0.05) is 0 Å². The smallest absolute Gasteiger partial charge is 0.277 e. The molecule has 0 aliphatic carbocycles. The van der Waals surface area contributed by atoms with E-state index in [9.17, 15) is 9.59 Å². The molecule has 0 saturated heterocycles. The SMILES string of the molecule is Cc1nc(C)c(C(=O)NNC=O)s1. The molecule has 0 saturated carbocycles. The van der Waals surface area contributed by atoms with Crippen LogP contribution in [-0.2, 0) is 4.79 Å². The van der Waals surface area contributed by atoms with Crippen molar-refractivity contribution in [1.82, 2.24) is 15.8 Å². The number of aryl methyl sites for hydroxylation is 2. The van der Waals surface area contributed by atoms with Crippen LogP contribution in [0.1, 0.15) is 20.4 Å². The molecule has 1 heterocycles. The average molecular weight is 199 g/mol. The molecule has 0 spiro atoms. The summed E-state index contributed by atoms with van der Waals surface area (Å²) in [6, 6.07) is 0.